The zero-order valence-electron chi connectivity index (χ0n) is 14.3. The minimum Gasteiger partial charge on any atom is -0.496 e. The number of ether oxygens (including phenoxy) is 1. The van der Waals surface area contributed by atoms with E-state index in [2.05, 4.69) is 33.5 Å². The molecule has 0 bridgehead atoms. The molecule has 0 aromatic heterocycles. The fourth-order valence-corrected chi connectivity index (χ4v) is 2.77. The Hall–Kier alpha value is -2.34. The summed E-state index contributed by atoms with van der Waals surface area (Å²) in [5, 5.41) is 5.67. The summed E-state index contributed by atoms with van der Waals surface area (Å²) in [6, 6.07) is 12.0. The third-order valence-electron chi connectivity index (χ3n) is 3.61. The van der Waals surface area contributed by atoms with Crippen LogP contribution in [0.15, 0.2) is 46.9 Å². The van der Waals surface area contributed by atoms with E-state index >= 15 is 0 Å². The molecule has 0 aliphatic carbocycles. The molecule has 0 heterocycles. The molecule has 2 rings (SSSR count). The number of benzene rings is 2. The summed E-state index contributed by atoms with van der Waals surface area (Å²) in [6.45, 7) is 2.71. The summed E-state index contributed by atoms with van der Waals surface area (Å²) < 4.78 is 5.86. The molecule has 132 valence electrons. The average molecular weight is 405 g/mol. The van der Waals surface area contributed by atoms with Gasteiger partial charge in [-0.1, -0.05) is 19.4 Å². The van der Waals surface area contributed by atoms with E-state index in [-0.39, 0.29) is 11.8 Å². The van der Waals surface area contributed by atoms with E-state index in [1.54, 1.807) is 49.6 Å². The van der Waals surface area contributed by atoms with E-state index in [0.717, 1.165) is 12.8 Å². The Balaban J connectivity index is 2.07. The van der Waals surface area contributed by atoms with Crippen LogP contribution in [0.3, 0.4) is 0 Å². The van der Waals surface area contributed by atoms with Crippen molar-refractivity contribution in [3.05, 3.63) is 58.1 Å². The van der Waals surface area contributed by atoms with E-state index in [9.17, 15) is 9.59 Å². The van der Waals surface area contributed by atoms with E-state index in [1.165, 1.54) is 0 Å². The summed E-state index contributed by atoms with van der Waals surface area (Å²) in [5.41, 5.74) is 1.58. The highest BCUT2D eigenvalue weighted by atomic mass is 79.9. The van der Waals surface area contributed by atoms with Crippen LogP contribution in [0, 0.1) is 0 Å². The number of halogens is 1. The van der Waals surface area contributed by atoms with Gasteiger partial charge in [0.25, 0.3) is 11.8 Å². The third kappa shape index (κ3) is 5.32. The van der Waals surface area contributed by atoms with Crippen LogP contribution in [0.1, 0.15) is 40.5 Å². The van der Waals surface area contributed by atoms with Gasteiger partial charge < -0.3 is 15.4 Å². The van der Waals surface area contributed by atoms with E-state index in [4.69, 9.17) is 4.74 Å². The highest BCUT2D eigenvalue weighted by Crippen LogP contribution is 2.26. The number of rotatable bonds is 7. The van der Waals surface area contributed by atoms with Gasteiger partial charge in [0.2, 0.25) is 0 Å². The number of hydrogen-bond donors (Lipinski definition) is 2. The number of carbonyl (C=O) groups excluding carboxylic acids is 2. The maximum absolute atomic E-state index is 12.4. The Morgan fingerprint density at radius 2 is 1.84 bits per heavy atom. The van der Waals surface area contributed by atoms with Gasteiger partial charge in [-0.25, -0.2) is 0 Å². The number of unbranched alkanes of at least 4 members (excludes halogenated alkanes) is 1. The van der Waals surface area contributed by atoms with Crippen molar-refractivity contribution in [3.8, 4) is 5.75 Å². The Morgan fingerprint density at radius 3 is 2.52 bits per heavy atom. The predicted octanol–water partition coefficient (Wildman–Crippen LogP) is 4.24. The number of hydrogen-bond acceptors (Lipinski definition) is 3. The summed E-state index contributed by atoms with van der Waals surface area (Å²) in [5.74, 6) is 0.255. The SMILES string of the molecule is CCCCNC(=O)c1cccc(NC(=O)c2ccc(OC)c(Br)c2)c1. The Bertz CT molecular complexity index is 762. The molecule has 2 aromatic rings. The molecule has 0 saturated carbocycles. The first-order valence-electron chi connectivity index (χ1n) is 8.08. The minimum atomic E-state index is -0.258. The zero-order chi connectivity index (χ0) is 18.2. The van der Waals surface area contributed by atoms with Gasteiger partial charge in [0.1, 0.15) is 5.75 Å². The first kappa shape index (κ1) is 19.0. The molecule has 0 aliphatic heterocycles. The normalized spacial score (nSPS) is 10.2. The largest absolute Gasteiger partial charge is 0.496 e. The van der Waals surface area contributed by atoms with Crippen LogP contribution in [-0.4, -0.2) is 25.5 Å². The lowest BCUT2D eigenvalue weighted by molar-refractivity contribution is 0.0951. The molecular formula is C19H21BrN2O3. The monoisotopic (exact) mass is 404 g/mol. The maximum atomic E-state index is 12.4. The van der Waals surface area contributed by atoms with Crippen molar-refractivity contribution in [1.29, 1.82) is 0 Å². The Kier molecular flexibility index (Phi) is 7.01. The second kappa shape index (κ2) is 9.22. The van der Waals surface area contributed by atoms with Gasteiger partial charge in [-0.2, -0.15) is 0 Å². The van der Waals surface area contributed by atoms with E-state index < -0.39 is 0 Å². The number of carbonyl (C=O) groups is 2. The van der Waals surface area contributed by atoms with Gasteiger partial charge >= 0.3 is 0 Å². The lowest BCUT2D eigenvalue weighted by atomic mass is 10.1. The maximum Gasteiger partial charge on any atom is 0.255 e. The van der Waals surface area contributed by atoms with Crippen LogP contribution >= 0.6 is 15.9 Å². The second-order valence-electron chi connectivity index (χ2n) is 5.49. The van der Waals surface area contributed by atoms with Crippen molar-refractivity contribution in [2.24, 2.45) is 0 Å². The third-order valence-corrected chi connectivity index (χ3v) is 4.23. The van der Waals surface area contributed by atoms with Gasteiger partial charge in [0, 0.05) is 23.4 Å². The topological polar surface area (TPSA) is 67.4 Å². The lowest BCUT2D eigenvalue weighted by Crippen LogP contribution is -2.24. The Morgan fingerprint density at radius 1 is 1.08 bits per heavy atom. The van der Waals surface area contributed by atoms with Crippen molar-refractivity contribution in [3.63, 3.8) is 0 Å². The van der Waals surface area contributed by atoms with Gasteiger partial charge in [0.15, 0.2) is 0 Å². The number of methoxy groups -OCH3 is 1. The molecule has 0 atom stereocenters. The highest BCUT2D eigenvalue weighted by Gasteiger charge is 2.11. The van der Waals surface area contributed by atoms with Crippen LogP contribution in [-0.2, 0) is 0 Å². The number of nitrogens with one attached hydrogen (secondary N) is 2. The standard InChI is InChI=1S/C19H21BrN2O3/c1-3-4-10-21-18(23)13-6-5-7-15(11-13)22-19(24)14-8-9-17(25-2)16(20)12-14/h5-9,11-12H,3-4,10H2,1-2H3,(H,21,23)(H,22,24). The fourth-order valence-electron chi connectivity index (χ4n) is 2.23. The molecule has 6 heteroatoms. The van der Waals surface area contributed by atoms with Crippen molar-refractivity contribution in [1.82, 2.24) is 5.32 Å². The minimum absolute atomic E-state index is 0.142. The molecule has 5 nitrogen and oxygen atoms in total. The van der Waals surface area contributed by atoms with Crippen molar-refractivity contribution >= 4 is 33.4 Å². The molecule has 2 amide bonds. The fraction of sp³-hybridized carbons (Fsp3) is 0.263. The van der Waals surface area contributed by atoms with E-state index in [1.807, 2.05) is 0 Å². The van der Waals surface area contributed by atoms with Gasteiger partial charge in [-0.15, -0.1) is 0 Å². The predicted molar refractivity (Wildman–Crippen MR) is 102 cm³/mol. The van der Waals surface area contributed by atoms with Crippen LogP contribution < -0.4 is 15.4 Å². The first-order chi connectivity index (χ1) is 12.0. The van der Waals surface area contributed by atoms with Gasteiger partial charge in [-0.3, -0.25) is 9.59 Å². The summed E-state index contributed by atoms with van der Waals surface area (Å²) in [7, 11) is 1.57. The molecule has 0 spiro atoms. The second-order valence-corrected chi connectivity index (χ2v) is 6.35. The summed E-state index contributed by atoms with van der Waals surface area (Å²) >= 11 is 3.36. The molecule has 0 unspecified atom stereocenters. The number of amides is 2. The molecule has 2 N–H and O–H groups in total. The molecule has 2 aromatic carbocycles. The van der Waals surface area contributed by atoms with Crippen molar-refractivity contribution in [2.45, 2.75) is 19.8 Å². The molecule has 0 fully saturated rings. The van der Waals surface area contributed by atoms with Crippen LogP contribution in [0.5, 0.6) is 5.75 Å². The van der Waals surface area contributed by atoms with Gasteiger partial charge in [0.05, 0.1) is 11.6 Å². The van der Waals surface area contributed by atoms with Crippen molar-refractivity contribution in [2.75, 3.05) is 19.0 Å². The van der Waals surface area contributed by atoms with Crippen LogP contribution in [0.2, 0.25) is 0 Å². The van der Waals surface area contributed by atoms with Gasteiger partial charge in [-0.05, 0) is 58.7 Å². The van der Waals surface area contributed by atoms with Crippen molar-refractivity contribution < 1.29 is 14.3 Å². The quantitative estimate of drug-likeness (QED) is 0.678. The molecule has 0 aliphatic rings. The molecule has 0 saturated heterocycles. The van der Waals surface area contributed by atoms with Crippen LogP contribution in [0.25, 0.3) is 0 Å². The zero-order valence-corrected chi connectivity index (χ0v) is 15.9. The summed E-state index contributed by atoms with van der Waals surface area (Å²) in [4.78, 5) is 24.5. The smallest absolute Gasteiger partial charge is 0.255 e. The number of anilines is 1. The highest BCUT2D eigenvalue weighted by molar-refractivity contribution is 9.10. The lowest BCUT2D eigenvalue weighted by Gasteiger charge is -2.09. The molecule has 25 heavy (non-hydrogen) atoms. The summed E-state index contributed by atoms with van der Waals surface area (Å²) in [6.07, 6.45) is 1.96. The Labute approximate surface area is 155 Å². The molecular weight excluding hydrogens is 384 g/mol. The average Bonchev–Trinajstić information content (AvgIpc) is 2.62. The first-order valence-corrected chi connectivity index (χ1v) is 8.87. The van der Waals surface area contributed by atoms with E-state index in [0.29, 0.717) is 33.6 Å². The van der Waals surface area contributed by atoms with Crippen LogP contribution in [0.4, 0.5) is 5.69 Å². The molecule has 0 radical (unpaired) electrons.